The molecule has 1 aromatic carbocycles. The van der Waals surface area contributed by atoms with Gasteiger partial charge in [0.05, 0.1) is 0 Å². The van der Waals surface area contributed by atoms with Crippen molar-refractivity contribution >= 4 is 11.6 Å². The second-order valence-corrected chi connectivity index (χ2v) is 4.66. The number of ketones is 2. The van der Waals surface area contributed by atoms with Gasteiger partial charge in [0.1, 0.15) is 11.6 Å². The first-order chi connectivity index (χ1) is 8.47. The minimum absolute atomic E-state index is 0.214. The molecule has 2 nitrogen and oxygen atoms in total. The Balaban J connectivity index is 0.000000331. The fourth-order valence-electron chi connectivity index (χ4n) is 1.52. The third kappa shape index (κ3) is 8.68. The number of carbonyl (C=O) groups excluding carboxylic acids is 2. The highest BCUT2D eigenvalue weighted by molar-refractivity contribution is 5.78. The van der Waals surface area contributed by atoms with Crippen LogP contribution in [0.1, 0.15) is 46.1 Å². The zero-order chi connectivity index (χ0) is 14.0. The molecule has 2 heteroatoms. The molecule has 0 aliphatic carbocycles. The molecule has 0 saturated carbocycles. The Bertz CT molecular complexity index is 355. The van der Waals surface area contributed by atoms with Crippen molar-refractivity contribution in [2.75, 3.05) is 0 Å². The SMILES string of the molecule is CC(=O)Cc1ccccc1.CCCC(C)C(C)=O. The maximum Gasteiger partial charge on any atom is 0.134 e. The monoisotopic (exact) mass is 248 g/mol. The minimum Gasteiger partial charge on any atom is -0.300 e. The number of hydrogen-bond donors (Lipinski definition) is 0. The summed E-state index contributed by atoms with van der Waals surface area (Å²) >= 11 is 0. The third-order valence-electron chi connectivity index (χ3n) is 2.71. The topological polar surface area (TPSA) is 34.1 Å². The highest BCUT2D eigenvalue weighted by atomic mass is 16.1. The second kappa shape index (κ2) is 9.58. The average Bonchev–Trinajstić information content (AvgIpc) is 2.30. The van der Waals surface area contributed by atoms with E-state index in [9.17, 15) is 9.59 Å². The van der Waals surface area contributed by atoms with E-state index in [0.29, 0.717) is 12.2 Å². The largest absolute Gasteiger partial charge is 0.300 e. The van der Waals surface area contributed by atoms with E-state index in [1.54, 1.807) is 13.8 Å². The lowest BCUT2D eigenvalue weighted by atomic mass is 10.0. The van der Waals surface area contributed by atoms with Gasteiger partial charge in [0, 0.05) is 12.3 Å². The lowest BCUT2D eigenvalue weighted by Gasteiger charge is -2.01. The van der Waals surface area contributed by atoms with E-state index in [-0.39, 0.29) is 11.7 Å². The highest BCUT2D eigenvalue weighted by Crippen LogP contribution is 2.04. The zero-order valence-corrected chi connectivity index (χ0v) is 11.9. The molecule has 1 unspecified atom stereocenters. The molecule has 100 valence electrons. The van der Waals surface area contributed by atoms with Crippen LogP contribution in [0.4, 0.5) is 0 Å². The van der Waals surface area contributed by atoms with Crippen molar-refractivity contribution in [3.05, 3.63) is 35.9 Å². The highest BCUT2D eigenvalue weighted by Gasteiger charge is 2.03. The van der Waals surface area contributed by atoms with Gasteiger partial charge in [0.15, 0.2) is 0 Å². The van der Waals surface area contributed by atoms with Gasteiger partial charge in [-0.25, -0.2) is 0 Å². The van der Waals surface area contributed by atoms with Crippen LogP contribution >= 0.6 is 0 Å². The van der Waals surface area contributed by atoms with Gasteiger partial charge >= 0.3 is 0 Å². The van der Waals surface area contributed by atoms with Gasteiger partial charge in [-0.2, -0.15) is 0 Å². The van der Waals surface area contributed by atoms with E-state index in [0.717, 1.165) is 18.4 Å². The van der Waals surface area contributed by atoms with Crippen LogP contribution in [0.2, 0.25) is 0 Å². The molecule has 0 aliphatic heterocycles. The van der Waals surface area contributed by atoms with Gasteiger partial charge in [-0.15, -0.1) is 0 Å². The Kier molecular flexibility index (Phi) is 8.81. The van der Waals surface area contributed by atoms with Gasteiger partial charge in [0.2, 0.25) is 0 Å². The lowest BCUT2D eigenvalue weighted by molar-refractivity contribution is -0.120. The molecule has 0 saturated heterocycles. The van der Waals surface area contributed by atoms with Crippen LogP contribution in [-0.2, 0) is 16.0 Å². The average molecular weight is 248 g/mol. The first kappa shape index (κ1) is 16.6. The standard InChI is InChI=1S/C9H10O.C7H14O/c1-8(10)7-9-5-3-2-4-6-9;1-4-5-6(2)7(3)8/h2-6H,7H2,1H3;6H,4-5H2,1-3H3. The lowest BCUT2D eigenvalue weighted by Crippen LogP contribution is -2.04. The van der Waals surface area contributed by atoms with Crippen LogP contribution in [0.3, 0.4) is 0 Å². The molecule has 0 amide bonds. The van der Waals surface area contributed by atoms with Crippen LogP contribution in [-0.4, -0.2) is 11.6 Å². The molecule has 0 N–H and O–H groups in total. The Labute approximate surface area is 110 Å². The van der Waals surface area contributed by atoms with Crippen LogP contribution in [0.5, 0.6) is 0 Å². The Morgan fingerprint density at radius 1 is 1.11 bits per heavy atom. The van der Waals surface area contributed by atoms with E-state index in [1.165, 1.54) is 0 Å². The molecule has 0 aromatic heterocycles. The molecule has 0 spiro atoms. The van der Waals surface area contributed by atoms with E-state index in [1.807, 2.05) is 37.3 Å². The molecule has 18 heavy (non-hydrogen) atoms. The summed E-state index contributed by atoms with van der Waals surface area (Å²) in [7, 11) is 0. The molecule has 1 atom stereocenters. The summed E-state index contributed by atoms with van der Waals surface area (Å²) in [5.74, 6) is 0.804. The fourth-order valence-corrected chi connectivity index (χ4v) is 1.52. The van der Waals surface area contributed by atoms with Crippen molar-refractivity contribution in [2.45, 2.75) is 47.0 Å². The number of hydrogen-bond acceptors (Lipinski definition) is 2. The second-order valence-electron chi connectivity index (χ2n) is 4.66. The molecular weight excluding hydrogens is 224 g/mol. The van der Waals surface area contributed by atoms with Crippen LogP contribution in [0.15, 0.2) is 30.3 Å². The van der Waals surface area contributed by atoms with Crippen molar-refractivity contribution in [3.8, 4) is 0 Å². The van der Waals surface area contributed by atoms with E-state index >= 15 is 0 Å². The van der Waals surface area contributed by atoms with Crippen LogP contribution in [0, 0.1) is 5.92 Å². The first-order valence-corrected chi connectivity index (χ1v) is 6.51. The van der Waals surface area contributed by atoms with Crippen LogP contribution < -0.4 is 0 Å². The molecule has 1 rings (SSSR count). The van der Waals surface area contributed by atoms with Gasteiger partial charge < -0.3 is 0 Å². The summed E-state index contributed by atoms with van der Waals surface area (Å²) in [6.07, 6.45) is 2.71. The van der Waals surface area contributed by atoms with E-state index in [4.69, 9.17) is 0 Å². The number of benzene rings is 1. The Hall–Kier alpha value is -1.44. The number of Topliss-reactive ketones (excluding diaryl/α,β-unsaturated/α-hetero) is 2. The zero-order valence-electron chi connectivity index (χ0n) is 11.9. The summed E-state index contributed by atoms with van der Waals surface area (Å²) in [5, 5.41) is 0. The quantitative estimate of drug-likeness (QED) is 0.793. The summed E-state index contributed by atoms with van der Waals surface area (Å²) < 4.78 is 0. The first-order valence-electron chi connectivity index (χ1n) is 6.51. The molecular formula is C16H24O2. The van der Waals surface area contributed by atoms with Crippen molar-refractivity contribution in [3.63, 3.8) is 0 Å². The van der Waals surface area contributed by atoms with Gasteiger partial charge in [-0.1, -0.05) is 50.6 Å². The van der Waals surface area contributed by atoms with Crippen molar-refractivity contribution in [1.82, 2.24) is 0 Å². The summed E-state index contributed by atoms with van der Waals surface area (Å²) in [6.45, 7) is 7.33. The Morgan fingerprint density at radius 2 is 1.67 bits per heavy atom. The maximum absolute atomic E-state index is 10.6. The van der Waals surface area contributed by atoms with Gasteiger partial charge in [-0.3, -0.25) is 9.59 Å². The van der Waals surface area contributed by atoms with Crippen molar-refractivity contribution in [1.29, 1.82) is 0 Å². The van der Waals surface area contributed by atoms with Gasteiger partial charge in [-0.05, 0) is 25.8 Å². The smallest absolute Gasteiger partial charge is 0.134 e. The molecule has 0 aliphatic rings. The van der Waals surface area contributed by atoms with E-state index in [2.05, 4.69) is 6.92 Å². The molecule has 1 aromatic rings. The van der Waals surface area contributed by atoms with Gasteiger partial charge in [0.25, 0.3) is 0 Å². The molecule has 0 heterocycles. The molecule has 0 fully saturated rings. The normalized spacial score (nSPS) is 11.1. The summed E-state index contributed by atoms with van der Waals surface area (Å²) in [6, 6.07) is 9.75. The molecule has 0 radical (unpaired) electrons. The van der Waals surface area contributed by atoms with Crippen LogP contribution in [0.25, 0.3) is 0 Å². The summed E-state index contributed by atoms with van der Waals surface area (Å²) in [5.41, 5.74) is 1.09. The number of carbonyl (C=O) groups is 2. The van der Waals surface area contributed by atoms with Crippen molar-refractivity contribution in [2.24, 2.45) is 5.92 Å². The third-order valence-corrected chi connectivity index (χ3v) is 2.71. The predicted molar refractivity (Wildman–Crippen MR) is 75.6 cm³/mol. The Morgan fingerprint density at radius 3 is 2.00 bits per heavy atom. The minimum atomic E-state index is 0.214. The van der Waals surface area contributed by atoms with E-state index < -0.39 is 0 Å². The maximum atomic E-state index is 10.6. The fraction of sp³-hybridized carbons (Fsp3) is 0.500. The van der Waals surface area contributed by atoms with Crippen molar-refractivity contribution < 1.29 is 9.59 Å². The predicted octanol–water partition coefficient (Wildman–Crippen LogP) is 3.83. The summed E-state index contributed by atoms with van der Waals surface area (Å²) in [4.78, 5) is 21.1. The number of rotatable bonds is 5. The molecule has 0 bridgehead atoms.